The molecule has 0 aliphatic carbocycles. The van der Waals surface area contributed by atoms with E-state index in [4.69, 9.17) is 18.9 Å². The molecule has 4 nitrogen and oxygen atoms in total. The van der Waals surface area contributed by atoms with E-state index in [0.29, 0.717) is 13.2 Å². The Hall–Kier alpha value is -2.04. The predicted molar refractivity (Wildman–Crippen MR) is 96.6 cm³/mol. The number of methoxy groups -OCH3 is 2. The first-order valence-electron chi connectivity index (χ1n) is 8.14. The number of rotatable bonds is 8. The molecule has 0 spiro atoms. The van der Waals surface area contributed by atoms with Crippen molar-refractivity contribution in [3.63, 3.8) is 0 Å². The second kappa shape index (κ2) is 12.4. The van der Waals surface area contributed by atoms with Crippen LogP contribution in [0.3, 0.4) is 0 Å². The van der Waals surface area contributed by atoms with Crippen molar-refractivity contribution in [3.05, 3.63) is 59.7 Å². The van der Waals surface area contributed by atoms with Crippen molar-refractivity contribution >= 4 is 0 Å². The van der Waals surface area contributed by atoms with Crippen LogP contribution in [0.4, 0.5) is 0 Å². The molecule has 0 aliphatic heterocycles. The Bertz CT molecular complexity index is 485. The molecule has 0 amide bonds. The molecule has 0 unspecified atom stereocenters. The lowest BCUT2D eigenvalue weighted by molar-refractivity contribution is 0.107. The van der Waals surface area contributed by atoms with Crippen LogP contribution in [0.25, 0.3) is 0 Å². The van der Waals surface area contributed by atoms with Crippen LogP contribution in [0.1, 0.15) is 25.0 Å². The maximum Gasteiger partial charge on any atom is 0.118 e. The van der Waals surface area contributed by atoms with Gasteiger partial charge in [-0.1, -0.05) is 24.3 Å². The molecule has 0 heterocycles. The number of hydrogen-bond donors (Lipinski definition) is 0. The van der Waals surface area contributed by atoms with E-state index in [-0.39, 0.29) is 0 Å². The minimum Gasteiger partial charge on any atom is -0.497 e. The maximum atomic E-state index is 5.67. The summed E-state index contributed by atoms with van der Waals surface area (Å²) in [6.45, 7) is 6.85. The molecule has 0 N–H and O–H groups in total. The minimum atomic E-state index is 0.593. The van der Waals surface area contributed by atoms with Gasteiger partial charge in [0.05, 0.1) is 27.4 Å². The lowest BCUT2D eigenvalue weighted by atomic mass is 10.2. The van der Waals surface area contributed by atoms with E-state index in [2.05, 4.69) is 0 Å². The smallest absolute Gasteiger partial charge is 0.118 e. The van der Waals surface area contributed by atoms with Crippen LogP contribution in [0, 0.1) is 0 Å². The molecular formula is C20H28O4. The zero-order chi connectivity index (χ0) is 17.6. The molecule has 0 radical (unpaired) electrons. The van der Waals surface area contributed by atoms with Crippen LogP contribution in [0.5, 0.6) is 11.5 Å². The van der Waals surface area contributed by atoms with Crippen molar-refractivity contribution in [2.75, 3.05) is 27.4 Å². The van der Waals surface area contributed by atoms with Gasteiger partial charge < -0.3 is 18.9 Å². The molecule has 2 rings (SSSR count). The van der Waals surface area contributed by atoms with Gasteiger partial charge in [0.1, 0.15) is 11.5 Å². The van der Waals surface area contributed by atoms with Gasteiger partial charge >= 0.3 is 0 Å². The lowest BCUT2D eigenvalue weighted by Gasteiger charge is -2.06. The second-order valence-corrected chi connectivity index (χ2v) is 4.97. The summed E-state index contributed by atoms with van der Waals surface area (Å²) < 4.78 is 20.7. The van der Waals surface area contributed by atoms with Gasteiger partial charge in [-0.15, -0.1) is 0 Å². The fourth-order valence-corrected chi connectivity index (χ4v) is 1.93. The zero-order valence-electron chi connectivity index (χ0n) is 15.1. The first kappa shape index (κ1) is 20.0. The highest BCUT2D eigenvalue weighted by molar-refractivity contribution is 5.27. The maximum absolute atomic E-state index is 5.67. The highest BCUT2D eigenvalue weighted by atomic mass is 16.5. The average molecular weight is 332 g/mol. The third-order valence-corrected chi connectivity index (χ3v) is 3.26. The number of hydrogen-bond acceptors (Lipinski definition) is 4. The normalized spacial score (nSPS) is 9.83. The van der Waals surface area contributed by atoms with E-state index in [1.54, 1.807) is 14.2 Å². The van der Waals surface area contributed by atoms with Gasteiger partial charge in [-0.2, -0.15) is 0 Å². The molecule has 24 heavy (non-hydrogen) atoms. The largest absolute Gasteiger partial charge is 0.497 e. The summed E-state index contributed by atoms with van der Waals surface area (Å²) in [7, 11) is 3.32. The quantitative estimate of drug-likeness (QED) is 0.715. The van der Waals surface area contributed by atoms with Crippen LogP contribution in [0.15, 0.2) is 48.5 Å². The molecule has 0 saturated heterocycles. The number of benzene rings is 2. The van der Waals surface area contributed by atoms with E-state index in [1.807, 2.05) is 62.4 Å². The Morgan fingerprint density at radius 2 is 0.958 bits per heavy atom. The van der Waals surface area contributed by atoms with Crippen LogP contribution in [-0.4, -0.2) is 27.4 Å². The summed E-state index contributed by atoms with van der Waals surface area (Å²) >= 11 is 0. The Morgan fingerprint density at radius 3 is 1.21 bits per heavy atom. The lowest BCUT2D eigenvalue weighted by Crippen LogP contribution is -1.94. The first-order chi connectivity index (χ1) is 11.7. The van der Waals surface area contributed by atoms with Crippen molar-refractivity contribution in [2.45, 2.75) is 27.1 Å². The summed E-state index contributed by atoms with van der Waals surface area (Å²) in [6.07, 6.45) is 0. The number of ether oxygens (including phenoxy) is 4. The molecule has 0 bridgehead atoms. The van der Waals surface area contributed by atoms with E-state index in [1.165, 1.54) is 0 Å². The van der Waals surface area contributed by atoms with Gasteiger partial charge in [0.2, 0.25) is 0 Å². The van der Waals surface area contributed by atoms with Crippen molar-refractivity contribution < 1.29 is 18.9 Å². The molecule has 0 aliphatic rings. The van der Waals surface area contributed by atoms with Gasteiger partial charge in [0.25, 0.3) is 0 Å². The summed E-state index contributed by atoms with van der Waals surface area (Å²) in [5.74, 6) is 1.72. The monoisotopic (exact) mass is 332 g/mol. The SMILES string of the molecule is CCOCC.COc1ccc(COCc2ccc(OC)cc2)cc1. The molecule has 0 fully saturated rings. The van der Waals surface area contributed by atoms with E-state index < -0.39 is 0 Å². The summed E-state index contributed by atoms with van der Waals surface area (Å²) in [6, 6.07) is 15.8. The molecule has 132 valence electrons. The molecule has 2 aromatic carbocycles. The summed E-state index contributed by atoms with van der Waals surface area (Å²) in [5, 5.41) is 0. The molecule has 0 aromatic heterocycles. The van der Waals surface area contributed by atoms with Crippen LogP contribution < -0.4 is 9.47 Å². The van der Waals surface area contributed by atoms with Crippen molar-refractivity contribution in [1.82, 2.24) is 0 Å². The van der Waals surface area contributed by atoms with Crippen LogP contribution in [-0.2, 0) is 22.7 Å². The minimum absolute atomic E-state index is 0.593. The highest BCUT2D eigenvalue weighted by Crippen LogP contribution is 2.14. The first-order valence-corrected chi connectivity index (χ1v) is 8.14. The van der Waals surface area contributed by atoms with Gasteiger partial charge in [-0.3, -0.25) is 0 Å². The summed E-state index contributed by atoms with van der Waals surface area (Å²) in [5.41, 5.74) is 2.27. The van der Waals surface area contributed by atoms with Gasteiger partial charge in [-0.25, -0.2) is 0 Å². The zero-order valence-corrected chi connectivity index (χ0v) is 15.1. The third kappa shape index (κ3) is 7.99. The highest BCUT2D eigenvalue weighted by Gasteiger charge is 1.97. The van der Waals surface area contributed by atoms with Gasteiger partial charge in [0, 0.05) is 13.2 Å². The predicted octanol–water partition coefficient (Wildman–Crippen LogP) is 4.46. The van der Waals surface area contributed by atoms with E-state index in [9.17, 15) is 0 Å². The Morgan fingerprint density at radius 1 is 0.583 bits per heavy atom. The molecule has 0 atom stereocenters. The molecule has 4 heteroatoms. The van der Waals surface area contributed by atoms with Gasteiger partial charge in [-0.05, 0) is 49.2 Å². The van der Waals surface area contributed by atoms with Crippen LogP contribution >= 0.6 is 0 Å². The standard InChI is InChI=1S/C16H18O3.C4H10O/c1-17-15-7-3-13(4-8-15)11-19-12-14-5-9-16(18-2)10-6-14;1-3-5-4-2/h3-10H,11-12H2,1-2H3;3-4H2,1-2H3. The fourth-order valence-electron chi connectivity index (χ4n) is 1.93. The third-order valence-electron chi connectivity index (χ3n) is 3.26. The fraction of sp³-hybridized carbons (Fsp3) is 0.400. The van der Waals surface area contributed by atoms with Crippen LogP contribution in [0.2, 0.25) is 0 Å². The summed E-state index contributed by atoms with van der Waals surface area (Å²) in [4.78, 5) is 0. The molecule has 2 aromatic rings. The Kier molecular flexibility index (Phi) is 10.3. The van der Waals surface area contributed by atoms with Gasteiger partial charge in [0.15, 0.2) is 0 Å². The van der Waals surface area contributed by atoms with Crippen molar-refractivity contribution in [1.29, 1.82) is 0 Å². The average Bonchev–Trinajstić information content (AvgIpc) is 2.64. The van der Waals surface area contributed by atoms with E-state index >= 15 is 0 Å². The Labute approximate surface area is 145 Å². The van der Waals surface area contributed by atoms with Crippen molar-refractivity contribution in [3.8, 4) is 11.5 Å². The molecular weight excluding hydrogens is 304 g/mol. The van der Waals surface area contributed by atoms with E-state index in [0.717, 1.165) is 35.8 Å². The molecule has 0 saturated carbocycles. The topological polar surface area (TPSA) is 36.9 Å². The second-order valence-electron chi connectivity index (χ2n) is 4.97. The van der Waals surface area contributed by atoms with Crippen molar-refractivity contribution in [2.24, 2.45) is 0 Å². The Balaban J connectivity index is 0.000000505.